The maximum atomic E-state index is 13.0. The third kappa shape index (κ3) is 7.08. The van der Waals surface area contributed by atoms with Gasteiger partial charge in [0.2, 0.25) is 5.91 Å². The Kier molecular flexibility index (Phi) is 8.41. The number of halogens is 1. The first-order valence-corrected chi connectivity index (χ1v) is 12.2. The second-order valence-electron chi connectivity index (χ2n) is 8.99. The molecule has 1 aliphatic heterocycles. The summed E-state index contributed by atoms with van der Waals surface area (Å²) in [5, 5.41) is 5.75. The van der Waals surface area contributed by atoms with Crippen molar-refractivity contribution in [3.63, 3.8) is 0 Å². The van der Waals surface area contributed by atoms with Gasteiger partial charge in [-0.3, -0.25) is 9.69 Å². The lowest BCUT2D eigenvalue weighted by atomic mass is 10.2. The summed E-state index contributed by atoms with van der Waals surface area (Å²) < 4.78 is 24.6. The Bertz CT molecular complexity index is 1010. The van der Waals surface area contributed by atoms with E-state index in [2.05, 4.69) is 10.6 Å². The molecule has 0 bridgehead atoms. The van der Waals surface area contributed by atoms with E-state index in [9.17, 15) is 14.0 Å². The molecule has 2 N–H and O–H groups in total. The zero-order valence-electron chi connectivity index (χ0n) is 20.1. The predicted molar refractivity (Wildman–Crippen MR) is 133 cm³/mol. The van der Waals surface area contributed by atoms with Crippen LogP contribution in [0.25, 0.3) is 0 Å². The highest BCUT2D eigenvalue weighted by Crippen LogP contribution is 2.34. The third-order valence-electron chi connectivity index (χ3n) is 6.38. The monoisotopic (exact) mass is 484 g/mol. The number of hydrogen-bond donors (Lipinski definition) is 2. The lowest BCUT2D eigenvalue weighted by Crippen LogP contribution is -2.39. The molecule has 1 saturated carbocycles. The van der Waals surface area contributed by atoms with Crippen LogP contribution in [0.3, 0.4) is 0 Å². The average Bonchev–Trinajstić information content (AvgIpc) is 3.24. The zero-order valence-corrected chi connectivity index (χ0v) is 20.1. The van der Waals surface area contributed by atoms with E-state index in [1.807, 2.05) is 23.1 Å². The van der Waals surface area contributed by atoms with Gasteiger partial charge in [-0.15, -0.1) is 0 Å². The number of amides is 3. The second kappa shape index (κ2) is 11.9. The smallest absolute Gasteiger partial charge is 0.321 e. The van der Waals surface area contributed by atoms with Crippen molar-refractivity contribution in [2.24, 2.45) is 0 Å². The standard InChI is InChI=1S/C26H33FN4O4/c1-34-23-12-11-21(17-24(23)35-22-5-2-3-6-22)29-26(33)31-14-4-13-30(15-16-31)18-25(32)28-20-9-7-19(27)8-10-20/h7-12,17,22H,2-6,13-16,18H2,1H3,(H,28,32)(H,29,33). The van der Waals surface area contributed by atoms with E-state index in [1.165, 1.54) is 37.1 Å². The molecule has 1 aliphatic carbocycles. The van der Waals surface area contributed by atoms with Crippen molar-refractivity contribution in [3.8, 4) is 11.5 Å². The maximum Gasteiger partial charge on any atom is 0.321 e. The molecule has 0 radical (unpaired) electrons. The zero-order chi connectivity index (χ0) is 24.6. The van der Waals surface area contributed by atoms with Gasteiger partial charge in [0.25, 0.3) is 0 Å². The van der Waals surface area contributed by atoms with Crippen LogP contribution < -0.4 is 20.1 Å². The SMILES string of the molecule is COc1ccc(NC(=O)N2CCCN(CC(=O)Nc3ccc(F)cc3)CC2)cc1OC1CCCC1. The first-order chi connectivity index (χ1) is 17.0. The fourth-order valence-corrected chi connectivity index (χ4v) is 4.50. The van der Waals surface area contributed by atoms with Crippen molar-refractivity contribution in [2.75, 3.05) is 50.5 Å². The van der Waals surface area contributed by atoms with Crippen LogP contribution in [-0.2, 0) is 4.79 Å². The Morgan fingerprint density at radius 1 is 0.914 bits per heavy atom. The first-order valence-electron chi connectivity index (χ1n) is 12.2. The molecule has 8 nitrogen and oxygen atoms in total. The van der Waals surface area contributed by atoms with Crippen LogP contribution in [0.15, 0.2) is 42.5 Å². The van der Waals surface area contributed by atoms with E-state index in [0.717, 1.165) is 19.3 Å². The number of ether oxygens (including phenoxy) is 2. The van der Waals surface area contributed by atoms with Crippen LogP contribution in [0.2, 0.25) is 0 Å². The Balaban J connectivity index is 1.28. The third-order valence-corrected chi connectivity index (χ3v) is 6.38. The Labute approximate surface area is 205 Å². The van der Waals surface area contributed by atoms with Gasteiger partial charge >= 0.3 is 6.03 Å². The highest BCUT2D eigenvalue weighted by atomic mass is 19.1. The Morgan fingerprint density at radius 2 is 1.66 bits per heavy atom. The molecule has 4 rings (SSSR count). The molecule has 2 fully saturated rings. The van der Waals surface area contributed by atoms with Gasteiger partial charge in [0.1, 0.15) is 5.82 Å². The van der Waals surface area contributed by atoms with Gasteiger partial charge < -0.3 is 25.0 Å². The van der Waals surface area contributed by atoms with Gasteiger partial charge in [0.05, 0.1) is 19.8 Å². The lowest BCUT2D eigenvalue weighted by Gasteiger charge is -2.22. The largest absolute Gasteiger partial charge is 0.493 e. The molecule has 2 aliphatic rings. The summed E-state index contributed by atoms with van der Waals surface area (Å²) in [6, 6.07) is 10.9. The molecule has 0 unspecified atom stereocenters. The fourth-order valence-electron chi connectivity index (χ4n) is 4.50. The number of methoxy groups -OCH3 is 1. The minimum Gasteiger partial charge on any atom is -0.493 e. The molecular formula is C26H33FN4O4. The lowest BCUT2D eigenvalue weighted by molar-refractivity contribution is -0.117. The number of carbonyl (C=O) groups is 2. The molecular weight excluding hydrogens is 451 g/mol. The van der Waals surface area contributed by atoms with Crippen molar-refractivity contribution in [1.82, 2.24) is 9.80 Å². The van der Waals surface area contributed by atoms with Crippen LogP contribution in [0.1, 0.15) is 32.1 Å². The first kappa shape index (κ1) is 24.8. The molecule has 2 aromatic rings. The van der Waals surface area contributed by atoms with Gasteiger partial charge in [0, 0.05) is 43.6 Å². The van der Waals surface area contributed by atoms with E-state index in [4.69, 9.17) is 9.47 Å². The number of hydrogen-bond acceptors (Lipinski definition) is 5. The van der Waals surface area contributed by atoms with E-state index in [0.29, 0.717) is 49.1 Å². The summed E-state index contributed by atoms with van der Waals surface area (Å²) in [5.74, 6) is 0.786. The van der Waals surface area contributed by atoms with Crippen LogP contribution in [0.5, 0.6) is 11.5 Å². The van der Waals surface area contributed by atoms with Gasteiger partial charge in [-0.05, 0) is 68.5 Å². The molecule has 0 atom stereocenters. The van der Waals surface area contributed by atoms with Crippen molar-refractivity contribution >= 4 is 23.3 Å². The summed E-state index contributed by atoms with van der Waals surface area (Å²) in [6.07, 6.45) is 5.35. The number of urea groups is 1. The van der Waals surface area contributed by atoms with E-state index in [1.54, 1.807) is 12.0 Å². The van der Waals surface area contributed by atoms with Crippen molar-refractivity contribution in [1.29, 1.82) is 0 Å². The molecule has 3 amide bonds. The van der Waals surface area contributed by atoms with Gasteiger partial charge in [-0.1, -0.05) is 0 Å². The van der Waals surface area contributed by atoms with Gasteiger partial charge in [-0.2, -0.15) is 0 Å². The van der Waals surface area contributed by atoms with Crippen LogP contribution in [0, 0.1) is 5.82 Å². The van der Waals surface area contributed by atoms with Crippen molar-refractivity contribution in [3.05, 3.63) is 48.3 Å². The summed E-state index contributed by atoms with van der Waals surface area (Å²) in [7, 11) is 1.61. The normalized spacial score (nSPS) is 17.0. The molecule has 1 heterocycles. The highest BCUT2D eigenvalue weighted by molar-refractivity contribution is 5.92. The van der Waals surface area contributed by atoms with Crippen LogP contribution in [0.4, 0.5) is 20.6 Å². The van der Waals surface area contributed by atoms with Crippen molar-refractivity contribution in [2.45, 2.75) is 38.2 Å². The minimum absolute atomic E-state index is 0.164. The molecule has 0 aromatic heterocycles. The fraction of sp³-hybridized carbons (Fsp3) is 0.462. The van der Waals surface area contributed by atoms with Crippen LogP contribution >= 0.6 is 0 Å². The number of carbonyl (C=O) groups excluding carboxylic acids is 2. The summed E-state index contributed by atoms with van der Waals surface area (Å²) in [6.45, 7) is 2.62. The number of benzene rings is 2. The average molecular weight is 485 g/mol. The molecule has 2 aromatic carbocycles. The summed E-state index contributed by atoms with van der Waals surface area (Å²) in [5.41, 5.74) is 1.21. The molecule has 1 saturated heterocycles. The predicted octanol–water partition coefficient (Wildman–Crippen LogP) is 4.33. The highest BCUT2D eigenvalue weighted by Gasteiger charge is 2.22. The number of nitrogens with zero attached hydrogens (tertiary/aromatic N) is 2. The molecule has 9 heteroatoms. The minimum atomic E-state index is -0.346. The van der Waals surface area contributed by atoms with E-state index in [-0.39, 0.29) is 30.4 Å². The van der Waals surface area contributed by atoms with Gasteiger partial charge in [0.15, 0.2) is 11.5 Å². The van der Waals surface area contributed by atoms with E-state index >= 15 is 0 Å². The van der Waals surface area contributed by atoms with Gasteiger partial charge in [-0.25, -0.2) is 9.18 Å². The molecule has 35 heavy (non-hydrogen) atoms. The Morgan fingerprint density at radius 3 is 2.40 bits per heavy atom. The van der Waals surface area contributed by atoms with Crippen molar-refractivity contribution < 1.29 is 23.5 Å². The maximum absolute atomic E-state index is 13.0. The number of anilines is 2. The number of nitrogens with one attached hydrogen (secondary N) is 2. The van der Waals surface area contributed by atoms with E-state index < -0.39 is 0 Å². The van der Waals surface area contributed by atoms with Crippen LogP contribution in [-0.4, -0.2) is 67.7 Å². The second-order valence-corrected chi connectivity index (χ2v) is 8.99. The topological polar surface area (TPSA) is 83.1 Å². The quantitative estimate of drug-likeness (QED) is 0.611. The summed E-state index contributed by atoms with van der Waals surface area (Å²) in [4.78, 5) is 29.1. The Hall–Kier alpha value is -3.33. The molecule has 0 spiro atoms. The number of rotatable bonds is 7. The summed E-state index contributed by atoms with van der Waals surface area (Å²) >= 11 is 0. The molecule has 188 valence electrons.